The number of nitrogens with one attached hydrogen (secondary N) is 1. The van der Waals surface area contributed by atoms with Gasteiger partial charge in [-0.1, -0.05) is 28.1 Å². The molecule has 2 heterocycles. The zero-order valence-corrected chi connectivity index (χ0v) is 16.1. The average molecular weight is 433 g/mol. The highest BCUT2D eigenvalue weighted by atomic mass is 79.9. The van der Waals surface area contributed by atoms with Gasteiger partial charge in [0.1, 0.15) is 0 Å². The minimum Gasteiger partial charge on any atom is -0.381 e. The number of thiazole rings is 1. The molecule has 1 aliphatic heterocycles. The van der Waals surface area contributed by atoms with Crippen molar-refractivity contribution >= 4 is 50.7 Å². The van der Waals surface area contributed by atoms with E-state index in [0.717, 1.165) is 28.6 Å². The van der Waals surface area contributed by atoms with Crippen LogP contribution in [0.25, 0.3) is 11.3 Å². The van der Waals surface area contributed by atoms with Crippen molar-refractivity contribution in [2.75, 3.05) is 18.5 Å². The average Bonchev–Trinajstić information content (AvgIpc) is 3.04. The zero-order chi connectivity index (χ0) is 16.2. The van der Waals surface area contributed by atoms with Crippen molar-refractivity contribution in [3.63, 3.8) is 0 Å². The summed E-state index contributed by atoms with van der Waals surface area (Å²) in [5.41, 5.74) is 7.94. The maximum Gasteiger partial charge on any atom is 0.243 e. The number of nitrogens with zero attached hydrogens (tertiary/aromatic N) is 1. The second kappa shape index (κ2) is 8.92. The van der Waals surface area contributed by atoms with E-state index < -0.39 is 6.04 Å². The Labute approximate surface area is 159 Å². The van der Waals surface area contributed by atoms with E-state index in [1.807, 2.05) is 29.6 Å². The van der Waals surface area contributed by atoms with Gasteiger partial charge in [-0.2, -0.15) is 0 Å². The highest BCUT2D eigenvalue weighted by Crippen LogP contribution is 2.26. The van der Waals surface area contributed by atoms with Crippen LogP contribution in [0.2, 0.25) is 0 Å². The lowest BCUT2D eigenvalue weighted by atomic mass is 9.92. The molecule has 3 rings (SSSR count). The van der Waals surface area contributed by atoms with E-state index in [9.17, 15) is 4.79 Å². The van der Waals surface area contributed by atoms with Crippen molar-refractivity contribution in [2.24, 2.45) is 11.7 Å². The van der Waals surface area contributed by atoms with Crippen LogP contribution in [0, 0.1) is 5.92 Å². The summed E-state index contributed by atoms with van der Waals surface area (Å²) in [4.78, 5) is 16.8. The molecule has 0 spiro atoms. The van der Waals surface area contributed by atoms with Gasteiger partial charge in [0.2, 0.25) is 5.91 Å². The maximum absolute atomic E-state index is 12.3. The van der Waals surface area contributed by atoms with Crippen molar-refractivity contribution in [1.29, 1.82) is 0 Å². The number of nitrogens with two attached hydrogens (primary N) is 1. The molecule has 0 aliphatic carbocycles. The maximum atomic E-state index is 12.3. The molecule has 0 bridgehead atoms. The van der Waals surface area contributed by atoms with Crippen LogP contribution in [0.4, 0.5) is 5.13 Å². The predicted molar refractivity (Wildman–Crippen MR) is 103 cm³/mol. The van der Waals surface area contributed by atoms with Crippen molar-refractivity contribution in [1.82, 2.24) is 4.98 Å². The number of halogens is 2. The molecule has 3 N–H and O–H groups in total. The Balaban J connectivity index is 0.00000208. The molecule has 1 aromatic heterocycles. The van der Waals surface area contributed by atoms with Gasteiger partial charge in [0.25, 0.3) is 0 Å². The number of rotatable bonds is 4. The third-order valence-electron chi connectivity index (χ3n) is 3.95. The molecule has 1 amide bonds. The fourth-order valence-electron chi connectivity index (χ4n) is 2.56. The smallest absolute Gasteiger partial charge is 0.243 e. The summed E-state index contributed by atoms with van der Waals surface area (Å²) in [6.45, 7) is 1.35. The van der Waals surface area contributed by atoms with Gasteiger partial charge in [0.05, 0.1) is 11.7 Å². The third-order valence-corrected chi connectivity index (χ3v) is 5.24. The Morgan fingerprint density at radius 3 is 2.67 bits per heavy atom. The normalized spacial score (nSPS) is 16.2. The van der Waals surface area contributed by atoms with Crippen LogP contribution >= 0.6 is 39.7 Å². The van der Waals surface area contributed by atoms with Gasteiger partial charge >= 0.3 is 0 Å². The number of hydrogen-bond acceptors (Lipinski definition) is 5. The van der Waals surface area contributed by atoms with Crippen LogP contribution in [-0.4, -0.2) is 30.1 Å². The van der Waals surface area contributed by atoms with Gasteiger partial charge in [-0.3, -0.25) is 4.79 Å². The SMILES string of the molecule is Cl.NC(C(=O)Nc1nc(-c2ccc(Br)cc2)cs1)C1CCOCC1. The first kappa shape index (κ1) is 19.3. The van der Waals surface area contributed by atoms with Crippen LogP contribution in [0.5, 0.6) is 0 Å². The first-order chi connectivity index (χ1) is 11.1. The zero-order valence-electron chi connectivity index (χ0n) is 12.9. The van der Waals surface area contributed by atoms with Crippen LogP contribution in [0.3, 0.4) is 0 Å². The molecule has 24 heavy (non-hydrogen) atoms. The Bertz CT molecular complexity index is 674. The Morgan fingerprint density at radius 1 is 1.33 bits per heavy atom. The second-order valence-electron chi connectivity index (χ2n) is 5.51. The summed E-state index contributed by atoms with van der Waals surface area (Å²) in [6, 6.07) is 7.39. The molecule has 130 valence electrons. The highest BCUT2D eigenvalue weighted by Gasteiger charge is 2.27. The number of aromatic nitrogens is 1. The van der Waals surface area contributed by atoms with E-state index in [1.54, 1.807) is 0 Å². The molecular weight excluding hydrogens is 414 g/mol. The fourth-order valence-corrected chi connectivity index (χ4v) is 3.55. The standard InChI is InChI=1S/C16H18BrN3O2S.ClH/c17-12-3-1-10(2-4-12)13-9-23-16(19-13)20-15(21)14(18)11-5-7-22-8-6-11;/h1-4,9,11,14H,5-8,18H2,(H,19,20,21);1H. The summed E-state index contributed by atoms with van der Waals surface area (Å²) in [5, 5.41) is 5.34. The molecule has 5 nitrogen and oxygen atoms in total. The first-order valence-electron chi connectivity index (χ1n) is 7.49. The molecule has 1 saturated heterocycles. The first-order valence-corrected chi connectivity index (χ1v) is 9.16. The van der Waals surface area contributed by atoms with E-state index in [1.165, 1.54) is 11.3 Å². The number of carbonyl (C=O) groups excluding carboxylic acids is 1. The van der Waals surface area contributed by atoms with E-state index in [2.05, 4.69) is 26.2 Å². The lowest BCUT2D eigenvalue weighted by Crippen LogP contribution is -2.43. The number of anilines is 1. The molecule has 1 aliphatic rings. The minimum absolute atomic E-state index is 0. The summed E-state index contributed by atoms with van der Waals surface area (Å²) >= 11 is 4.82. The number of hydrogen-bond donors (Lipinski definition) is 2. The second-order valence-corrected chi connectivity index (χ2v) is 7.28. The summed E-state index contributed by atoms with van der Waals surface area (Å²) in [5.74, 6) is 0.00302. The van der Waals surface area contributed by atoms with Crippen LogP contribution < -0.4 is 11.1 Å². The molecule has 1 unspecified atom stereocenters. The number of ether oxygens (including phenoxy) is 1. The topological polar surface area (TPSA) is 77.2 Å². The summed E-state index contributed by atoms with van der Waals surface area (Å²) in [6.07, 6.45) is 1.66. The number of benzene rings is 1. The van der Waals surface area contributed by atoms with E-state index >= 15 is 0 Å². The van der Waals surface area contributed by atoms with Crippen molar-refractivity contribution in [2.45, 2.75) is 18.9 Å². The van der Waals surface area contributed by atoms with Crippen LogP contribution in [0.15, 0.2) is 34.1 Å². The summed E-state index contributed by atoms with van der Waals surface area (Å²) < 4.78 is 6.33. The predicted octanol–water partition coefficient (Wildman–Crippen LogP) is 3.69. The quantitative estimate of drug-likeness (QED) is 0.772. The third kappa shape index (κ3) is 4.77. The number of amides is 1. The van der Waals surface area contributed by atoms with Gasteiger partial charge in [0.15, 0.2) is 5.13 Å². The molecule has 2 aromatic rings. The Kier molecular flexibility index (Phi) is 7.18. The Morgan fingerprint density at radius 2 is 2.00 bits per heavy atom. The van der Waals surface area contributed by atoms with Crippen LogP contribution in [-0.2, 0) is 9.53 Å². The Hall–Kier alpha value is -0.990. The molecule has 1 fully saturated rings. The number of carbonyl (C=O) groups is 1. The van der Waals surface area contributed by atoms with E-state index in [4.69, 9.17) is 10.5 Å². The van der Waals surface area contributed by atoms with Crippen molar-refractivity contribution in [3.05, 3.63) is 34.1 Å². The molecule has 0 saturated carbocycles. The summed E-state index contributed by atoms with van der Waals surface area (Å²) in [7, 11) is 0. The van der Waals surface area contributed by atoms with Gasteiger partial charge < -0.3 is 15.8 Å². The molecule has 8 heteroatoms. The molecule has 0 radical (unpaired) electrons. The van der Waals surface area contributed by atoms with Gasteiger partial charge in [-0.25, -0.2) is 4.98 Å². The lowest BCUT2D eigenvalue weighted by Gasteiger charge is -2.26. The van der Waals surface area contributed by atoms with Crippen molar-refractivity contribution < 1.29 is 9.53 Å². The van der Waals surface area contributed by atoms with Crippen LogP contribution in [0.1, 0.15) is 12.8 Å². The minimum atomic E-state index is -0.515. The van der Waals surface area contributed by atoms with E-state index in [-0.39, 0.29) is 24.2 Å². The fraction of sp³-hybridized carbons (Fsp3) is 0.375. The van der Waals surface area contributed by atoms with Gasteiger partial charge in [-0.15, -0.1) is 23.7 Å². The lowest BCUT2D eigenvalue weighted by molar-refractivity contribution is -0.119. The largest absolute Gasteiger partial charge is 0.381 e. The molecule has 1 aromatic carbocycles. The van der Waals surface area contributed by atoms with Gasteiger partial charge in [-0.05, 0) is 30.9 Å². The molecule has 1 atom stereocenters. The monoisotopic (exact) mass is 431 g/mol. The highest BCUT2D eigenvalue weighted by molar-refractivity contribution is 9.10. The van der Waals surface area contributed by atoms with E-state index in [0.29, 0.717) is 18.3 Å². The molecular formula is C16H19BrClN3O2S. The van der Waals surface area contributed by atoms with Crippen molar-refractivity contribution in [3.8, 4) is 11.3 Å². The van der Waals surface area contributed by atoms with Gasteiger partial charge in [0, 0.05) is 28.6 Å².